The van der Waals surface area contributed by atoms with Crippen molar-refractivity contribution in [3.8, 4) is 0 Å². The molecule has 0 saturated carbocycles. The molecule has 7 nitrogen and oxygen atoms in total. The Morgan fingerprint density at radius 1 is 0.970 bits per heavy atom. The molecule has 0 unspecified atom stereocenters. The van der Waals surface area contributed by atoms with Crippen molar-refractivity contribution in [1.82, 2.24) is 0 Å². The maximum Gasteiger partial charge on any atom is 0.337 e. The lowest BCUT2D eigenvalue weighted by atomic mass is 10.0. The number of sulfonamides is 1. The van der Waals surface area contributed by atoms with Gasteiger partial charge in [0.1, 0.15) is 5.82 Å². The van der Waals surface area contributed by atoms with Gasteiger partial charge in [-0.1, -0.05) is 6.07 Å². The topological polar surface area (TPSA) is 92.8 Å². The van der Waals surface area contributed by atoms with Crippen molar-refractivity contribution in [3.63, 3.8) is 0 Å². The summed E-state index contributed by atoms with van der Waals surface area (Å²) in [4.78, 5) is 24.2. The Labute approximate surface area is 190 Å². The van der Waals surface area contributed by atoms with E-state index < -0.39 is 27.7 Å². The third-order valence-corrected chi connectivity index (χ3v) is 7.22. The highest BCUT2D eigenvalue weighted by Gasteiger charge is 2.29. The molecule has 1 amide bonds. The van der Waals surface area contributed by atoms with Crippen LogP contribution in [0, 0.1) is 5.82 Å². The van der Waals surface area contributed by atoms with Crippen LogP contribution in [0.4, 0.5) is 15.8 Å². The van der Waals surface area contributed by atoms with Crippen LogP contribution >= 0.6 is 0 Å². The van der Waals surface area contributed by atoms with Gasteiger partial charge in [0, 0.05) is 17.8 Å². The minimum Gasteiger partial charge on any atom is -0.465 e. The van der Waals surface area contributed by atoms with Crippen molar-refractivity contribution in [1.29, 1.82) is 0 Å². The molecule has 4 rings (SSSR count). The summed E-state index contributed by atoms with van der Waals surface area (Å²) in [6.07, 6.45) is 1.35. The van der Waals surface area contributed by atoms with Crippen LogP contribution in [-0.4, -0.2) is 33.9 Å². The van der Waals surface area contributed by atoms with Crippen LogP contribution in [0.3, 0.4) is 0 Å². The summed E-state index contributed by atoms with van der Waals surface area (Å²) in [5.74, 6) is -1.42. The van der Waals surface area contributed by atoms with E-state index in [1.165, 1.54) is 47.8 Å². The summed E-state index contributed by atoms with van der Waals surface area (Å²) in [7, 11) is -2.62. The largest absolute Gasteiger partial charge is 0.465 e. The van der Waals surface area contributed by atoms with Gasteiger partial charge in [-0.3, -0.25) is 9.10 Å². The Morgan fingerprint density at radius 3 is 2.30 bits per heavy atom. The molecule has 0 aromatic heterocycles. The number of anilines is 2. The van der Waals surface area contributed by atoms with Crippen LogP contribution < -0.4 is 9.62 Å². The second-order valence-corrected chi connectivity index (χ2v) is 9.36. The van der Waals surface area contributed by atoms with Crippen molar-refractivity contribution in [2.75, 3.05) is 23.3 Å². The molecule has 0 spiro atoms. The van der Waals surface area contributed by atoms with Crippen LogP contribution in [0.2, 0.25) is 0 Å². The lowest BCUT2D eigenvalue weighted by Crippen LogP contribution is -2.35. The van der Waals surface area contributed by atoms with Crippen LogP contribution in [0.25, 0.3) is 0 Å². The van der Waals surface area contributed by atoms with Gasteiger partial charge in [0.15, 0.2) is 0 Å². The number of halogens is 1. The van der Waals surface area contributed by atoms with Gasteiger partial charge in [-0.15, -0.1) is 0 Å². The monoisotopic (exact) mass is 468 g/mol. The summed E-state index contributed by atoms with van der Waals surface area (Å²) in [5, 5.41) is 2.76. The number of hydrogen-bond donors (Lipinski definition) is 1. The molecule has 0 aliphatic carbocycles. The molecule has 1 aliphatic rings. The summed E-state index contributed by atoms with van der Waals surface area (Å²) in [6.45, 7) is 0.277. The minimum absolute atomic E-state index is 0.00288. The first kappa shape index (κ1) is 22.5. The van der Waals surface area contributed by atoms with Gasteiger partial charge in [0.25, 0.3) is 15.9 Å². The Morgan fingerprint density at radius 2 is 1.64 bits per heavy atom. The summed E-state index contributed by atoms with van der Waals surface area (Å²) in [6, 6.07) is 15.8. The number of carbonyl (C=O) groups excluding carboxylic acids is 2. The van der Waals surface area contributed by atoms with Crippen LogP contribution in [0.15, 0.2) is 71.6 Å². The van der Waals surface area contributed by atoms with Crippen molar-refractivity contribution >= 4 is 33.3 Å². The molecule has 33 heavy (non-hydrogen) atoms. The number of fused-ring (bicyclic) bond motifs is 1. The molecular weight excluding hydrogens is 447 g/mol. The predicted octanol–water partition coefficient (Wildman–Crippen LogP) is 4.01. The second kappa shape index (κ2) is 9.03. The Balaban J connectivity index is 1.60. The predicted molar refractivity (Wildman–Crippen MR) is 121 cm³/mol. The Bertz CT molecular complexity index is 1310. The average Bonchev–Trinajstić information content (AvgIpc) is 2.83. The van der Waals surface area contributed by atoms with Gasteiger partial charge in [-0.2, -0.15) is 0 Å². The van der Waals surface area contributed by atoms with E-state index in [0.717, 1.165) is 17.7 Å². The summed E-state index contributed by atoms with van der Waals surface area (Å²) < 4.78 is 45.6. The molecule has 3 aromatic carbocycles. The lowest BCUT2D eigenvalue weighted by Gasteiger charge is -2.31. The number of hydrogen-bond acceptors (Lipinski definition) is 5. The highest BCUT2D eigenvalue weighted by molar-refractivity contribution is 7.92. The quantitative estimate of drug-likeness (QED) is 0.572. The number of nitrogens with zero attached hydrogens (tertiary/aromatic N) is 1. The number of methoxy groups -OCH3 is 1. The standard InChI is InChI=1S/C24H21FN2O5S/c1-32-24(29)18-6-4-17(5-7-18)23(28)26-20-11-8-16-3-2-14-27(22(16)15-20)33(30,31)21-12-9-19(25)10-13-21/h4-13,15H,2-3,14H2,1H3,(H,26,28). The molecule has 3 aromatic rings. The number of aryl methyl sites for hydroxylation is 1. The molecule has 9 heteroatoms. The van der Waals surface area contributed by atoms with E-state index in [1.54, 1.807) is 18.2 Å². The smallest absolute Gasteiger partial charge is 0.337 e. The SMILES string of the molecule is COC(=O)c1ccc(C(=O)Nc2ccc3c(c2)N(S(=O)(=O)c2ccc(F)cc2)CCC3)cc1. The number of amides is 1. The third-order valence-electron chi connectivity index (χ3n) is 5.39. The molecule has 170 valence electrons. The number of carbonyl (C=O) groups is 2. The molecule has 1 N–H and O–H groups in total. The van der Waals surface area contributed by atoms with Gasteiger partial charge in [-0.25, -0.2) is 17.6 Å². The van der Waals surface area contributed by atoms with E-state index in [1.807, 2.05) is 0 Å². The molecule has 0 radical (unpaired) electrons. The summed E-state index contributed by atoms with van der Waals surface area (Å²) >= 11 is 0. The van der Waals surface area contributed by atoms with Gasteiger partial charge in [0.2, 0.25) is 0 Å². The van der Waals surface area contributed by atoms with E-state index >= 15 is 0 Å². The molecule has 0 atom stereocenters. The van der Waals surface area contributed by atoms with E-state index in [9.17, 15) is 22.4 Å². The van der Waals surface area contributed by atoms with E-state index in [-0.39, 0.29) is 11.4 Å². The Hall–Kier alpha value is -3.72. The van der Waals surface area contributed by atoms with Crippen molar-refractivity contribution < 1.29 is 27.1 Å². The second-order valence-electron chi connectivity index (χ2n) is 7.50. The first-order valence-electron chi connectivity index (χ1n) is 10.2. The molecule has 0 fully saturated rings. The Kier molecular flexibility index (Phi) is 6.15. The molecular formula is C24H21FN2O5S. The molecule has 1 aliphatic heterocycles. The van der Waals surface area contributed by atoms with E-state index in [4.69, 9.17) is 0 Å². The zero-order valence-corrected chi connectivity index (χ0v) is 18.6. The highest BCUT2D eigenvalue weighted by Crippen LogP contribution is 2.34. The zero-order chi connectivity index (χ0) is 23.6. The van der Waals surface area contributed by atoms with E-state index in [0.29, 0.717) is 35.3 Å². The molecule has 0 bridgehead atoms. The first-order chi connectivity index (χ1) is 15.8. The van der Waals surface area contributed by atoms with Crippen LogP contribution in [0.1, 0.15) is 32.7 Å². The number of ether oxygens (including phenoxy) is 1. The fourth-order valence-corrected chi connectivity index (χ4v) is 5.21. The lowest BCUT2D eigenvalue weighted by molar-refractivity contribution is 0.0600. The number of rotatable bonds is 5. The molecule has 0 saturated heterocycles. The van der Waals surface area contributed by atoms with Crippen LogP contribution in [0.5, 0.6) is 0 Å². The third kappa shape index (κ3) is 4.58. The van der Waals surface area contributed by atoms with Crippen molar-refractivity contribution in [2.24, 2.45) is 0 Å². The maximum absolute atomic E-state index is 13.3. The fraction of sp³-hybridized carbons (Fsp3) is 0.167. The summed E-state index contributed by atoms with van der Waals surface area (Å²) in [5.41, 5.74) is 2.40. The fourth-order valence-electron chi connectivity index (χ4n) is 3.68. The zero-order valence-electron chi connectivity index (χ0n) is 17.7. The number of nitrogens with one attached hydrogen (secondary N) is 1. The number of esters is 1. The van der Waals surface area contributed by atoms with Gasteiger partial charge in [-0.05, 0) is 79.1 Å². The maximum atomic E-state index is 13.3. The van der Waals surface area contributed by atoms with E-state index in [2.05, 4.69) is 10.1 Å². The van der Waals surface area contributed by atoms with Crippen molar-refractivity contribution in [3.05, 3.63) is 89.2 Å². The normalized spacial score (nSPS) is 13.2. The average molecular weight is 469 g/mol. The van der Waals surface area contributed by atoms with Crippen LogP contribution in [-0.2, 0) is 21.2 Å². The van der Waals surface area contributed by atoms with Gasteiger partial charge in [0.05, 0.1) is 23.3 Å². The highest BCUT2D eigenvalue weighted by atomic mass is 32.2. The first-order valence-corrected chi connectivity index (χ1v) is 11.6. The van der Waals surface area contributed by atoms with Gasteiger partial charge < -0.3 is 10.1 Å². The minimum atomic E-state index is -3.89. The van der Waals surface area contributed by atoms with Gasteiger partial charge >= 0.3 is 5.97 Å². The van der Waals surface area contributed by atoms with Crippen molar-refractivity contribution in [2.45, 2.75) is 17.7 Å². The molecule has 1 heterocycles. The number of benzene rings is 3.